The van der Waals surface area contributed by atoms with Gasteiger partial charge in [0.15, 0.2) is 0 Å². The van der Waals surface area contributed by atoms with Crippen molar-refractivity contribution in [3.05, 3.63) is 28.5 Å². The molecule has 0 N–H and O–H groups in total. The van der Waals surface area contributed by atoms with Crippen molar-refractivity contribution in [2.45, 2.75) is 6.61 Å². The molecule has 0 aromatic carbocycles. The predicted octanol–water partition coefficient (Wildman–Crippen LogP) is 1.32. The van der Waals surface area contributed by atoms with Crippen LogP contribution in [0.3, 0.4) is 0 Å². The van der Waals surface area contributed by atoms with Gasteiger partial charge in [-0.1, -0.05) is 6.07 Å². The number of nitrogens with zero attached hydrogens (tertiary/aromatic N) is 1. The normalized spacial score (nSPS) is 11.5. The summed E-state index contributed by atoms with van der Waals surface area (Å²) in [6.45, 7) is -0.0295. The van der Waals surface area contributed by atoms with Crippen LogP contribution in [0, 0.1) is 0 Å². The summed E-state index contributed by atoms with van der Waals surface area (Å²) in [5.41, 5.74) is 0.569. The standard InChI is InChI=1S/C7H8BrNO3S/c1-13(10,11)12-5-6-3-2-4-7(8)9-6/h2-4H,5H2,1H3. The monoisotopic (exact) mass is 265 g/mol. The zero-order valence-corrected chi connectivity index (χ0v) is 9.30. The van der Waals surface area contributed by atoms with E-state index in [0.717, 1.165) is 6.26 Å². The van der Waals surface area contributed by atoms with E-state index in [0.29, 0.717) is 10.3 Å². The summed E-state index contributed by atoms with van der Waals surface area (Å²) in [5, 5.41) is 0. The maximum absolute atomic E-state index is 10.6. The lowest BCUT2D eigenvalue weighted by Gasteiger charge is -2.00. The van der Waals surface area contributed by atoms with E-state index in [9.17, 15) is 8.42 Å². The topological polar surface area (TPSA) is 56.3 Å². The van der Waals surface area contributed by atoms with Crippen LogP contribution in [0.25, 0.3) is 0 Å². The number of pyridine rings is 1. The van der Waals surface area contributed by atoms with Gasteiger partial charge in [0.05, 0.1) is 11.9 Å². The van der Waals surface area contributed by atoms with Gasteiger partial charge in [0.2, 0.25) is 0 Å². The molecular weight excluding hydrogens is 258 g/mol. The Bertz CT molecular complexity index is 390. The molecule has 6 heteroatoms. The number of halogens is 1. The first-order valence-electron chi connectivity index (χ1n) is 3.43. The molecule has 0 fully saturated rings. The SMILES string of the molecule is CS(=O)(=O)OCc1cccc(Br)n1. The average Bonchev–Trinajstić information content (AvgIpc) is 2.00. The van der Waals surface area contributed by atoms with Crippen LogP contribution in [-0.4, -0.2) is 19.7 Å². The molecule has 72 valence electrons. The number of hydrogen-bond donors (Lipinski definition) is 0. The summed E-state index contributed by atoms with van der Waals surface area (Å²) in [4.78, 5) is 4.00. The lowest BCUT2D eigenvalue weighted by atomic mass is 10.4. The van der Waals surface area contributed by atoms with Gasteiger partial charge in [0.25, 0.3) is 10.1 Å². The van der Waals surface area contributed by atoms with Gasteiger partial charge < -0.3 is 0 Å². The lowest BCUT2D eigenvalue weighted by Crippen LogP contribution is -2.03. The summed E-state index contributed by atoms with van der Waals surface area (Å²) in [6, 6.07) is 5.21. The van der Waals surface area contributed by atoms with E-state index in [4.69, 9.17) is 0 Å². The van der Waals surface area contributed by atoms with Crippen LogP contribution in [0.2, 0.25) is 0 Å². The molecule has 0 bridgehead atoms. The minimum Gasteiger partial charge on any atom is -0.264 e. The maximum atomic E-state index is 10.6. The van der Waals surface area contributed by atoms with Crippen molar-refractivity contribution in [2.75, 3.05) is 6.26 Å². The van der Waals surface area contributed by atoms with Crippen LogP contribution in [-0.2, 0) is 20.9 Å². The molecule has 0 saturated heterocycles. The molecule has 0 aliphatic carbocycles. The van der Waals surface area contributed by atoms with E-state index < -0.39 is 10.1 Å². The van der Waals surface area contributed by atoms with Gasteiger partial charge >= 0.3 is 0 Å². The maximum Gasteiger partial charge on any atom is 0.264 e. The molecule has 0 radical (unpaired) electrons. The Balaban J connectivity index is 2.65. The Hall–Kier alpha value is -0.460. The second kappa shape index (κ2) is 4.17. The minimum absolute atomic E-state index is 0.0295. The molecule has 1 heterocycles. The molecule has 0 spiro atoms. The molecule has 0 aliphatic heterocycles. The fourth-order valence-corrected chi connectivity index (χ4v) is 1.41. The molecule has 0 unspecified atom stereocenters. The van der Waals surface area contributed by atoms with E-state index in [1.807, 2.05) is 0 Å². The van der Waals surface area contributed by atoms with Crippen molar-refractivity contribution >= 4 is 26.0 Å². The van der Waals surface area contributed by atoms with E-state index in [1.54, 1.807) is 18.2 Å². The average molecular weight is 266 g/mol. The molecular formula is C7H8BrNO3S. The van der Waals surface area contributed by atoms with E-state index in [2.05, 4.69) is 25.1 Å². The van der Waals surface area contributed by atoms with Crippen LogP contribution < -0.4 is 0 Å². The molecule has 1 aromatic heterocycles. The highest BCUT2D eigenvalue weighted by Gasteiger charge is 2.03. The van der Waals surface area contributed by atoms with Gasteiger partial charge in [-0.3, -0.25) is 4.18 Å². The molecule has 0 aliphatic rings. The molecule has 0 amide bonds. The van der Waals surface area contributed by atoms with Crippen LogP contribution in [0.4, 0.5) is 0 Å². The highest BCUT2D eigenvalue weighted by atomic mass is 79.9. The Kier molecular flexibility index (Phi) is 3.40. The highest BCUT2D eigenvalue weighted by Crippen LogP contribution is 2.07. The van der Waals surface area contributed by atoms with Crippen molar-refractivity contribution in [1.82, 2.24) is 4.98 Å². The zero-order chi connectivity index (χ0) is 9.90. The first-order chi connectivity index (χ1) is 5.97. The summed E-state index contributed by atoms with van der Waals surface area (Å²) in [7, 11) is -3.39. The summed E-state index contributed by atoms with van der Waals surface area (Å²) < 4.78 is 26.5. The van der Waals surface area contributed by atoms with Crippen molar-refractivity contribution in [3.8, 4) is 0 Å². The Morgan fingerprint density at radius 2 is 2.23 bits per heavy atom. The van der Waals surface area contributed by atoms with E-state index in [1.165, 1.54) is 0 Å². The van der Waals surface area contributed by atoms with Crippen LogP contribution in [0.1, 0.15) is 5.69 Å². The van der Waals surface area contributed by atoms with Gasteiger partial charge in [-0.05, 0) is 28.1 Å². The van der Waals surface area contributed by atoms with E-state index >= 15 is 0 Å². The Labute approximate surface area is 85.2 Å². The van der Waals surface area contributed by atoms with Gasteiger partial charge in [-0.2, -0.15) is 8.42 Å². The molecule has 1 rings (SSSR count). The van der Waals surface area contributed by atoms with Crippen molar-refractivity contribution in [3.63, 3.8) is 0 Å². The summed E-state index contributed by atoms with van der Waals surface area (Å²) in [5.74, 6) is 0. The smallest absolute Gasteiger partial charge is 0.264 e. The van der Waals surface area contributed by atoms with Gasteiger partial charge in [0, 0.05) is 0 Å². The van der Waals surface area contributed by atoms with Crippen molar-refractivity contribution in [1.29, 1.82) is 0 Å². The van der Waals surface area contributed by atoms with Gasteiger partial charge in [0.1, 0.15) is 11.2 Å². The number of aromatic nitrogens is 1. The molecule has 0 atom stereocenters. The first-order valence-corrected chi connectivity index (χ1v) is 6.04. The predicted molar refractivity (Wildman–Crippen MR) is 51.6 cm³/mol. The number of rotatable bonds is 3. The van der Waals surface area contributed by atoms with Crippen molar-refractivity contribution in [2.24, 2.45) is 0 Å². The molecule has 0 saturated carbocycles. The fourth-order valence-electron chi connectivity index (χ4n) is 0.698. The molecule has 4 nitrogen and oxygen atoms in total. The largest absolute Gasteiger partial charge is 0.264 e. The quantitative estimate of drug-likeness (QED) is 0.611. The third kappa shape index (κ3) is 4.35. The molecule has 1 aromatic rings. The second-order valence-electron chi connectivity index (χ2n) is 2.42. The van der Waals surface area contributed by atoms with Crippen molar-refractivity contribution < 1.29 is 12.6 Å². The fraction of sp³-hybridized carbons (Fsp3) is 0.286. The number of hydrogen-bond acceptors (Lipinski definition) is 4. The lowest BCUT2D eigenvalue weighted by molar-refractivity contribution is 0.307. The van der Waals surface area contributed by atoms with Crippen LogP contribution in [0.15, 0.2) is 22.8 Å². The summed E-state index contributed by atoms with van der Waals surface area (Å²) in [6.07, 6.45) is 1.00. The Morgan fingerprint density at radius 1 is 1.54 bits per heavy atom. The van der Waals surface area contributed by atoms with Crippen LogP contribution >= 0.6 is 15.9 Å². The second-order valence-corrected chi connectivity index (χ2v) is 4.87. The third-order valence-electron chi connectivity index (χ3n) is 1.19. The minimum atomic E-state index is -3.39. The van der Waals surface area contributed by atoms with Gasteiger partial charge in [-0.25, -0.2) is 4.98 Å². The zero-order valence-electron chi connectivity index (χ0n) is 6.90. The van der Waals surface area contributed by atoms with E-state index in [-0.39, 0.29) is 6.61 Å². The highest BCUT2D eigenvalue weighted by molar-refractivity contribution is 9.10. The third-order valence-corrected chi connectivity index (χ3v) is 2.18. The van der Waals surface area contributed by atoms with Gasteiger partial charge in [-0.15, -0.1) is 0 Å². The Morgan fingerprint density at radius 3 is 2.77 bits per heavy atom. The summed E-state index contributed by atoms with van der Waals surface area (Å²) >= 11 is 3.17. The first kappa shape index (κ1) is 10.6. The molecule has 13 heavy (non-hydrogen) atoms. The van der Waals surface area contributed by atoms with Crippen LogP contribution in [0.5, 0.6) is 0 Å².